The van der Waals surface area contributed by atoms with Gasteiger partial charge in [0.05, 0.1) is 17.4 Å². The SMILES string of the molecule is CC(C)NC(=O)C(C)n1cnc2cc(F)c(F)cc21. The van der Waals surface area contributed by atoms with E-state index in [1.165, 1.54) is 10.9 Å². The summed E-state index contributed by atoms with van der Waals surface area (Å²) < 4.78 is 27.9. The molecule has 2 rings (SSSR count). The van der Waals surface area contributed by atoms with Crippen molar-refractivity contribution in [2.75, 3.05) is 0 Å². The molecule has 0 saturated heterocycles. The molecule has 2 aromatic rings. The Balaban J connectivity index is 2.40. The molecule has 0 radical (unpaired) electrons. The Bertz CT molecular complexity index is 622. The molecule has 102 valence electrons. The normalized spacial score (nSPS) is 12.9. The van der Waals surface area contributed by atoms with Crippen LogP contribution >= 0.6 is 0 Å². The number of hydrogen-bond acceptors (Lipinski definition) is 2. The minimum absolute atomic E-state index is 0.0129. The molecule has 0 bridgehead atoms. The molecule has 0 saturated carbocycles. The Morgan fingerprint density at radius 1 is 1.26 bits per heavy atom. The van der Waals surface area contributed by atoms with Crippen molar-refractivity contribution < 1.29 is 13.6 Å². The first-order valence-corrected chi connectivity index (χ1v) is 6.02. The van der Waals surface area contributed by atoms with Gasteiger partial charge in [-0.3, -0.25) is 4.79 Å². The first-order chi connectivity index (χ1) is 8.90. The summed E-state index contributed by atoms with van der Waals surface area (Å²) in [5.41, 5.74) is 0.716. The highest BCUT2D eigenvalue weighted by Gasteiger charge is 2.19. The molecule has 6 heteroatoms. The highest BCUT2D eigenvalue weighted by molar-refractivity contribution is 5.83. The molecule has 0 aliphatic rings. The van der Waals surface area contributed by atoms with Crippen LogP contribution in [0.25, 0.3) is 11.0 Å². The fourth-order valence-electron chi connectivity index (χ4n) is 1.86. The van der Waals surface area contributed by atoms with Crippen molar-refractivity contribution in [2.45, 2.75) is 32.9 Å². The molecular formula is C13H15F2N3O. The van der Waals surface area contributed by atoms with E-state index in [1.807, 2.05) is 13.8 Å². The summed E-state index contributed by atoms with van der Waals surface area (Å²) in [5.74, 6) is -2.10. The van der Waals surface area contributed by atoms with E-state index < -0.39 is 17.7 Å². The minimum Gasteiger partial charge on any atom is -0.352 e. The van der Waals surface area contributed by atoms with Crippen molar-refractivity contribution in [3.05, 3.63) is 30.1 Å². The van der Waals surface area contributed by atoms with Gasteiger partial charge in [0.25, 0.3) is 0 Å². The second-order valence-corrected chi connectivity index (χ2v) is 4.75. The van der Waals surface area contributed by atoms with E-state index in [1.54, 1.807) is 6.92 Å². The third kappa shape index (κ3) is 2.57. The van der Waals surface area contributed by atoms with Crippen molar-refractivity contribution in [3.63, 3.8) is 0 Å². The summed E-state index contributed by atoms with van der Waals surface area (Å²) in [5, 5.41) is 2.77. The van der Waals surface area contributed by atoms with Crippen LogP contribution in [0.1, 0.15) is 26.8 Å². The smallest absolute Gasteiger partial charge is 0.243 e. The van der Waals surface area contributed by atoms with Crippen LogP contribution < -0.4 is 5.32 Å². The molecule has 0 aliphatic carbocycles. The molecule has 1 atom stereocenters. The topological polar surface area (TPSA) is 46.9 Å². The summed E-state index contributed by atoms with van der Waals surface area (Å²) in [6.07, 6.45) is 1.41. The number of imidazole rings is 1. The fraction of sp³-hybridized carbons (Fsp3) is 0.385. The number of nitrogens with zero attached hydrogens (tertiary/aromatic N) is 2. The van der Waals surface area contributed by atoms with Gasteiger partial charge < -0.3 is 9.88 Å². The number of hydrogen-bond donors (Lipinski definition) is 1. The zero-order chi connectivity index (χ0) is 14.2. The molecule has 1 N–H and O–H groups in total. The van der Waals surface area contributed by atoms with Crippen LogP contribution in [0.5, 0.6) is 0 Å². The van der Waals surface area contributed by atoms with E-state index in [9.17, 15) is 13.6 Å². The number of fused-ring (bicyclic) bond motifs is 1. The predicted molar refractivity (Wildman–Crippen MR) is 67.6 cm³/mol. The van der Waals surface area contributed by atoms with Crippen LogP contribution in [0, 0.1) is 11.6 Å². The Morgan fingerprint density at radius 2 is 1.89 bits per heavy atom. The van der Waals surface area contributed by atoms with Crippen LogP contribution in [0.3, 0.4) is 0 Å². The highest BCUT2D eigenvalue weighted by Crippen LogP contribution is 2.21. The van der Waals surface area contributed by atoms with E-state index >= 15 is 0 Å². The van der Waals surface area contributed by atoms with Gasteiger partial charge in [0.2, 0.25) is 5.91 Å². The van der Waals surface area contributed by atoms with Crippen molar-refractivity contribution in [1.29, 1.82) is 0 Å². The first kappa shape index (κ1) is 13.5. The van der Waals surface area contributed by atoms with Gasteiger partial charge in [0.15, 0.2) is 11.6 Å². The Morgan fingerprint density at radius 3 is 2.53 bits per heavy atom. The number of aromatic nitrogens is 2. The van der Waals surface area contributed by atoms with Crippen LogP contribution in [0.2, 0.25) is 0 Å². The number of carbonyl (C=O) groups is 1. The van der Waals surface area contributed by atoms with Crippen molar-refractivity contribution in [1.82, 2.24) is 14.9 Å². The Hall–Kier alpha value is -1.98. The third-order valence-corrected chi connectivity index (χ3v) is 2.84. The first-order valence-electron chi connectivity index (χ1n) is 6.02. The summed E-state index contributed by atoms with van der Waals surface area (Å²) in [6, 6.07) is 1.54. The van der Waals surface area contributed by atoms with E-state index in [0.29, 0.717) is 11.0 Å². The fourth-order valence-corrected chi connectivity index (χ4v) is 1.86. The van der Waals surface area contributed by atoms with Crippen LogP contribution in [-0.2, 0) is 4.79 Å². The average molecular weight is 267 g/mol. The summed E-state index contributed by atoms with van der Waals surface area (Å²) in [4.78, 5) is 15.9. The van der Waals surface area contributed by atoms with Crippen LogP contribution in [0.15, 0.2) is 18.5 Å². The van der Waals surface area contributed by atoms with Crippen molar-refractivity contribution in [3.8, 4) is 0 Å². The standard InChI is InChI=1S/C13H15F2N3O/c1-7(2)17-13(19)8(3)18-6-16-11-4-9(14)10(15)5-12(11)18/h4-8H,1-3H3,(H,17,19). The number of rotatable bonds is 3. The van der Waals surface area contributed by atoms with E-state index in [-0.39, 0.29) is 11.9 Å². The molecular weight excluding hydrogens is 252 g/mol. The highest BCUT2D eigenvalue weighted by atomic mass is 19.2. The maximum atomic E-state index is 13.3. The molecule has 0 fully saturated rings. The Labute approximate surface area is 109 Å². The largest absolute Gasteiger partial charge is 0.352 e. The summed E-state index contributed by atoms with van der Waals surface area (Å²) in [6.45, 7) is 5.39. The lowest BCUT2D eigenvalue weighted by Crippen LogP contribution is -2.35. The number of nitrogens with one attached hydrogen (secondary N) is 1. The lowest BCUT2D eigenvalue weighted by atomic mass is 10.2. The van der Waals surface area contributed by atoms with Crippen LogP contribution in [-0.4, -0.2) is 21.5 Å². The molecule has 0 aliphatic heterocycles. The van der Waals surface area contributed by atoms with E-state index in [2.05, 4.69) is 10.3 Å². The van der Waals surface area contributed by atoms with E-state index in [4.69, 9.17) is 0 Å². The number of halogens is 2. The van der Waals surface area contributed by atoms with Gasteiger partial charge in [-0.15, -0.1) is 0 Å². The monoisotopic (exact) mass is 267 g/mol. The van der Waals surface area contributed by atoms with Crippen molar-refractivity contribution >= 4 is 16.9 Å². The minimum atomic E-state index is -0.953. The van der Waals surface area contributed by atoms with Crippen molar-refractivity contribution in [2.24, 2.45) is 0 Å². The number of amides is 1. The molecule has 1 unspecified atom stereocenters. The maximum Gasteiger partial charge on any atom is 0.243 e. The number of benzene rings is 1. The van der Waals surface area contributed by atoms with Gasteiger partial charge in [-0.1, -0.05) is 0 Å². The lowest BCUT2D eigenvalue weighted by Gasteiger charge is -2.16. The zero-order valence-corrected chi connectivity index (χ0v) is 10.9. The van der Waals surface area contributed by atoms with Gasteiger partial charge in [0.1, 0.15) is 6.04 Å². The predicted octanol–water partition coefficient (Wildman–Crippen LogP) is 2.40. The van der Waals surface area contributed by atoms with Crippen LogP contribution in [0.4, 0.5) is 8.78 Å². The second kappa shape index (κ2) is 4.95. The molecule has 1 amide bonds. The lowest BCUT2D eigenvalue weighted by molar-refractivity contribution is -0.124. The van der Waals surface area contributed by atoms with Gasteiger partial charge in [-0.05, 0) is 20.8 Å². The Kier molecular flexibility index (Phi) is 3.50. The molecule has 19 heavy (non-hydrogen) atoms. The quantitative estimate of drug-likeness (QED) is 0.928. The average Bonchev–Trinajstić information content (AvgIpc) is 2.70. The summed E-state index contributed by atoms with van der Waals surface area (Å²) in [7, 11) is 0. The molecule has 1 aromatic carbocycles. The number of carbonyl (C=O) groups excluding carboxylic acids is 1. The molecule has 1 aromatic heterocycles. The zero-order valence-electron chi connectivity index (χ0n) is 10.9. The molecule has 4 nitrogen and oxygen atoms in total. The summed E-state index contributed by atoms with van der Waals surface area (Å²) >= 11 is 0. The second-order valence-electron chi connectivity index (χ2n) is 4.75. The van der Waals surface area contributed by atoms with Gasteiger partial charge in [0, 0.05) is 18.2 Å². The van der Waals surface area contributed by atoms with Gasteiger partial charge >= 0.3 is 0 Å². The third-order valence-electron chi connectivity index (χ3n) is 2.84. The molecule has 0 spiro atoms. The van der Waals surface area contributed by atoms with Gasteiger partial charge in [-0.25, -0.2) is 13.8 Å². The van der Waals surface area contributed by atoms with Gasteiger partial charge in [-0.2, -0.15) is 0 Å². The molecule has 1 heterocycles. The van der Waals surface area contributed by atoms with E-state index in [0.717, 1.165) is 12.1 Å². The maximum absolute atomic E-state index is 13.3.